The SMILES string of the molecule is I.c1ccc(CN2CCN=C2N2CCN(c3ccncc3)CC2)cc1. The lowest BCUT2D eigenvalue weighted by Crippen LogP contribution is -2.52. The van der Waals surface area contributed by atoms with Gasteiger partial charge in [0.2, 0.25) is 0 Å². The van der Waals surface area contributed by atoms with E-state index in [0.29, 0.717) is 0 Å². The Balaban J connectivity index is 0.00000182. The fourth-order valence-electron chi connectivity index (χ4n) is 3.44. The number of guanidine groups is 1. The van der Waals surface area contributed by atoms with Crippen molar-refractivity contribution in [2.24, 2.45) is 4.99 Å². The molecule has 0 bridgehead atoms. The van der Waals surface area contributed by atoms with Crippen molar-refractivity contribution in [3.05, 3.63) is 60.4 Å². The molecule has 1 fully saturated rings. The quantitative estimate of drug-likeness (QED) is 0.676. The molecular weight excluding hydrogens is 425 g/mol. The standard InChI is InChI=1S/C19H23N5.HI/c1-2-4-17(5-3-1)16-24-11-10-21-19(24)23-14-12-22(13-15-23)18-6-8-20-9-7-18;/h1-9H,10-16H2;1H. The minimum absolute atomic E-state index is 0. The molecule has 0 unspecified atom stereocenters. The minimum atomic E-state index is 0. The van der Waals surface area contributed by atoms with Crippen LogP contribution >= 0.6 is 24.0 Å². The first kappa shape index (κ1) is 18.0. The summed E-state index contributed by atoms with van der Waals surface area (Å²) in [5.41, 5.74) is 2.61. The molecule has 1 aromatic carbocycles. The molecule has 6 heteroatoms. The molecule has 0 spiro atoms. The predicted octanol–water partition coefficient (Wildman–Crippen LogP) is 2.69. The second-order valence-corrected chi connectivity index (χ2v) is 6.27. The zero-order chi connectivity index (χ0) is 16.2. The van der Waals surface area contributed by atoms with Gasteiger partial charge in [-0.05, 0) is 17.7 Å². The third kappa shape index (κ3) is 4.23. The molecule has 0 amide bonds. The number of benzene rings is 1. The summed E-state index contributed by atoms with van der Waals surface area (Å²) in [4.78, 5) is 16.2. The number of aromatic nitrogens is 1. The number of nitrogens with zero attached hydrogens (tertiary/aromatic N) is 5. The second kappa shape index (κ2) is 8.51. The van der Waals surface area contributed by atoms with Gasteiger partial charge in [0.15, 0.2) is 5.96 Å². The molecule has 1 aromatic heterocycles. The minimum Gasteiger partial charge on any atom is -0.368 e. The lowest BCUT2D eigenvalue weighted by molar-refractivity contribution is 0.319. The number of hydrogen-bond donors (Lipinski definition) is 0. The summed E-state index contributed by atoms with van der Waals surface area (Å²) in [5.74, 6) is 1.17. The van der Waals surface area contributed by atoms with E-state index in [2.05, 4.69) is 62.1 Å². The Bertz CT molecular complexity index is 683. The summed E-state index contributed by atoms with van der Waals surface area (Å²) in [6.45, 7) is 6.98. The summed E-state index contributed by atoms with van der Waals surface area (Å²) >= 11 is 0. The van der Waals surface area contributed by atoms with Crippen LogP contribution in [0, 0.1) is 0 Å². The maximum Gasteiger partial charge on any atom is 0.197 e. The second-order valence-electron chi connectivity index (χ2n) is 6.27. The lowest BCUT2D eigenvalue weighted by Gasteiger charge is -2.39. The van der Waals surface area contributed by atoms with Gasteiger partial charge in [0.25, 0.3) is 0 Å². The van der Waals surface area contributed by atoms with Gasteiger partial charge in [-0.3, -0.25) is 9.98 Å². The fraction of sp³-hybridized carbons (Fsp3) is 0.368. The monoisotopic (exact) mass is 449 g/mol. The zero-order valence-electron chi connectivity index (χ0n) is 14.3. The molecule has 5 nitrogen and oxygen atoms in total. The van der Waals surface area contributed by atoms with Gasteiger partial charge in [-0.2, -0.15) is 0 Å². The normalized spacial score (nSPS) is 17.3. The topological polar surface area (TPSA) is 35.0 Å². The maximum absolute atomic E-state index is 4.77. The van der Waals surface area contributed by atoms with Crippen LogP contribution in [0.1, 0.15) is 5.56 Å². The summed E-state index contributed by atoms with van der Waals surface area (Å²) in [6.07, 6.45) is 3.73. The van der Waals surface area contributed by atoms with Gasteiger partial charge in [-0.1, -0.05) is 30.3 Å². The molecule has 3 heterocycles. The van der Waals surface area contributed by atoms with Crippen LogP contribution in [0.4, 0.5) is 5.69 Å². The van der Waals surface area contributed by atoms with E-state index in [1.165, 1.54) is 17.2 Å². The summed E-state index contributed by atoms with van der Waals surface area (Å²) in [6, 6.07) is 14.8. The number of halogens is 1. The number of aliphatic imine (C=N–C) groups is 1. The average molecular weight is 449 g/mol. The molecule has 0 radical (unpaired) electrons. The van der Waals surface area contributed by atoms with Crippen LogP contribution in [0.15, 0.2) is 59.9 Å². The van der Waals surface area contributed by atoms with E-state index >= 15 is 0 Å². The van der Waals surface area contributed by atoms with E-state index in [4.69, 9.17) is 4.99 Å². The molecule has 2 aromatic rings. The van der Waals surface area contributed by atoms with Gasteiger partial charge in [-0.15, -0.1) is 24.0 Å². The fourth-order valence-corrected chi connectivity index (χ4v) is 3.44. The van der Waals surface area contributed by atoms with Crippen molar-refractivity contribution in [2.75, 3.05) is 44.2 Å². The predicted molar refractivity (Wildman–Crippen MR) is 113 cm³/mol. The highest BCUT2D eigenvalue weighted by Gasteiger charge is 2.26. The van der Waals surface area contributed by atoms with Crippen LogP contribution in [-0.4, -0.2) is 60.0 Å². The van der Waals surface area contributed by atoms with Crippen molar-refractivity contribution in [1.29, 1.82) is 0 Å². The number of pyridine rings is 1. The zero-order valence-corrected chi connectivity index (χ0v) is 16.6. The third-order valence-corrected chi connectivity index (χ3v) is 4.71. The van der Waals surface area contributed by atoms with Crippen LogP contribution in [-0.2, 0) is 6.54 Å². The first-order chi connectivity index (χ1) is 11.9. The van der Waals surface area contributed by atoms with Crippen LogP contribution in [0.5, 0.6) is 0 Å². The number of rotatable bonds is 3. The van der Waals surface area contributed by atoms with E-state index in [1.54, 1.807) is 0 Å². The molecule has 2 aliphatic rings. The largest absolute Gasteiger partial charge is 0.368 e. The van der Waals surface area contributed by atoms with Gasteiger partial charge in [0, 0.05) is 57.3 Å². The highest BCUT2D eigenvalue weighted by atomic mass is 127. The van der Waals surface area contributed by atoms with E-state index in [9.17, 15) is 0 Å². The molecule has 0 N–H and O–H groups in total. The molecule has 0 saturated carbocycles. The lowest BCUT2D eigenvalue weighted by atomic mass is 10.2. The molecule has 132 valence electrons. The van der Waals surface area contributed by atoms with Crippen molar-refractivity contribution >= 4 is 35.6 Å². The highest BCUT2D eigenvalue weighted by Crippen LogP contribution is 2.18. The Labute approximate surface area is 166 Å². The van der Waals surface area contributed by atoms with Crippen molar-refractivity contribution in [3.63, 3.8) is 0 Å². The molecule has 2 aliphatic heterocycles. The van der Waals surface area contributed by atoms with Gasteiger partial charge >= 0.3 is 0 Å². The molecular formula is C19H24IN5. The third-order valence-electron chi connectivity index (χ3n) is 4.71. The Morgan fingerprint density at radius 3 is 2.20 bits per heavy atom. The van der Waals surface area contributed by atoms with E-state index in [0.717, 1.165) is 45.8 Å². The molecule has 4 rings (SSSR count). The maximum atomic E-state index is 4.77. The van der Waals surface area contributed by atoms with Crippen molar-refractivity contribution in [2.45, 2.75) is 6.54 Å². The van der Waals surface area contributed by atoms with Crippen molar-refractivity contribution in [3.8, 4) is 0 Å². The van der Waals surface area contributed by atoms with E-state index in [1.807, 2.05) is 12.4 Å². The van der Waals surface area contributed by atoms with Gasteiger partial charge in [-0.25, -0.2) is 0 Å². The van der Waals surface area contributed by atoms with E-state index in [-0.39, 0.29) is 24.0 Å². The number of hydrogen-bond acceptors (Lipinski definition) is 5. The summed E-state index contributed by atoms with van der Waals surface area (Å²) in [7, 11) is 0. The first-order valence-electron chi connectivity index (χ1n) is 8.63. The van der Waals surface area contributed by atoms with Crippen molar-refractivity contribution in [1.82, 2.24) is 14.8 Å². The van der Waals surface area contributed by atoms with Gasteiger partial charge < -0.3 is 14.7 Å². The molecule has 0 aliphatic carbocycles. The molecule has 0 atom stereocenters. The Kier molecular flexibility index (Phi) is 6.12. The smallest absolute Gasteiger partial charge is 0.197 e. The van der Waals surface area contributed by atoms with Crippen LogP contribution in [0.2, 0.25) is 0 Å². The van der Waals surface area contributed by atoms with Crippen molar-refractivity contribution < 1.29 is 0 Å². The van der Waals surface area contributed by atoms with Crippen LogP contribution in [0.3, 0.4) is 0 Å². The number of anilines is 1. The Morgan fingerprint density at radius 2 is 1.48 bits per heavy atom. The number of piperazine rings is 1. The van der Waals surface area contributed by atoms with Gasteiger partial charge in [0.05, 0.1) is 6.54 Å². The first-order valence-corrected chi connectivity index (χ1v) is 8.63. The Morgan fingerprint density at radius 1 is 0.800 bits per heavy atom. The molecule has 25 heavy (non-hydrogen) atoms. The summed E-state index contributed by atoms with van der Waals surface area (Å²) < 4.78 is 0. The average Bonchev–Trinajstić information content (AvgIpc) is 3.11. The highest BCUT2D eigenvalue weighted by molar-refractivity contribution is 14.0. The summed E-state index contributed by atoms with van der Waals surface area (Å²) in [5, 5.41) is 0. The Hall–Kier alpha value is -1.83. The molecule has 1 saturated heterocycles. The van der Waals surface area contributed by atoms with Crippen LogP contribution < -0.4 is 4.90 Å². The van der Waals surface area contributed by atoms with E-state index < -0.39 is 0 Å². The van der Waals surface area contributed by atoms with Gasteiger partial charge in [0.1, 0.15) is 0 Å². The van der Waals surface area contributed by atoms with Crippen LogP contribution in [0.25, 0.3) is 0 Å².